The molecule has 3 aromatic rings. The lowest BCUT2D eigenvalue weighted by Crippen LogP contribution is -2.41. The van der Waals surface area contributed by atoms with Crippen LogP contribution in [0.3, 0.4) is 0 Å². The zero-order chi connectivity index (χ0) is 21.1. The van der Waals surface area contributed by atoms with Gasteiger partial charge >= 0.3 is 7.12 Å². The normalized spacial score (nSPS) is 19.1. The third-order valence-corrected chi connectivity index (χ3v) is 7.89. The van der Waals surface area contributed by atoms with E-state index >= 15 is 0 Å². The van der Waals surface area contributed by atoms with Crippen LogP contribution in [-0.2, 0) is 15.7 Å². The third kappa shape index (κ3) is 3.03. The Morgan fingerprint density at radius 2 is 1.83 bits per heavy atom. The molecular weight excluding hydrogens is 389 g/mol. The monoisotopic (exact) mass is 413 g/mol. The van der Waals surface area contributed by atoms with E-state index in [0.29, 0.717) is 5.56 Å². The standard InChI is InChI=1S/C25H24BNO2S/c1-24(2)25(3,4)29-26(28-24)18-13-16(15-27)12-17(14-18)19-9-7-10-21-20-8-5-6-11-22(20)30-23(19)21/h5,7-10,12-14H,6,11H2,1-4H3. The Hall–Kier alpha value is -2.39. The summed E-state index contributed by atoms with van der Waals surface area (Å²) < 4.78 is 13.8. The van der Waals surface area contributed by atoms with Gasteiger partial charge in [-0.25, -0.2) is 0 Å². The SMILES string of the molecule is CC1(C)OB(c2cc(C#N)cc(-c3cccc4c5c(sc34)CCC=C5)c2)OC1(C)C. The van der Waals surface area contributed by atoms with Crippen LogP contribution in [0.2, 0.25) is 0 Å². The first-order chi connectivity index (χ1) is 14.3. The van der Waals surface area contributed by atoms with Gasteiger partial charge in [0, 0.05) is 15.0 Å². The van der Waals surface area contributed by atoms with Crippen LogP contribution >= 0.6 is 11.3 Å². The van der Waals surface area contributed by atoms with Gasteiger partial charge < -0.3 is 9.31 Å². The van der Waals surface area contributed by atoms with Gasteiger partial charge in [-0.1, -0.05) is 36.4 Å². The molecule has 0 bridgehead atoms. The van der Waals surface area contributed by atoms with Crippen LogP contribution in [0.1, 0.15) is 50.1 Å². The van der Waals surface area contributed by atoms with E-state index in [4.69, 9.17) is 9.31 Å². The highest BCUT2D eigenvalue weighted by atomic mass is 32.1. The zero-order valence-electron chi connectivity index (χ0n) is 17.8. The Kier molecular flexibility index (Phi) is 4.45. The zero-order valence-corrected chi connectivity index (χ0v) is 18.6. The number of nitriles is 1. The van der Waals surface area contributed by atoms with Gasteiger partial charge in [-0.2, -0.15) is 5.26 Å². The van der Waals surface area contributed by atoms with Gasteiger partial charge in [-0.05, 0) is 74.8 Å². The van der Waals surface area contributed by atoms with Gasteiger partial charge in [-0.15, -0.1) is 11.3 Å². The molecule has 0 amide bonds. The second kappa shape index (κ2) is 6.82. The molecule has 1 saturated heterocycles. The van der Waals surface area contributed by atoms with Crippen molar-refractivity contribution in [1.82, 2.24) is 0 Å². The predicted molar refractivity (Wildman–Crippen MR) is 125 cm³/mol. The Morgan fingerprint density at radius 3 is 2.57 bits per heavy atom. The molecule has 0 N–H and O–H groups in total. The molecule has 30 heavy (non-hydrogen) atoms. The van der Waals surface area contributed by atoms with Gasteiger partial charge in [0.1, 0.15) is 0 Å². The average molecular weight is 413 g/mol. The van der Waals surface area contributed by atoms with Crippen molar-refractivity contribution >= 4 is 40.1 Å². The number of nitrogens with zero attached hydrogens (tertiary/aromatic N) is 1. The van der Waals surface area contributed by atoms with Crippen LogP contribution in [-0.4, -0.2) is 18.3 Å². The molecule has 5 heteroatoms. The van der Waals surface area contributed by atoms with E-state index in [2.05, 4.69) is 42.5 Å². The summed E-state index contributed by atoms with van der Waals surface area (Å²) in [6.45, 7) is 8.19. The summed E-state index contributed by atoms with van der Waals surface area (Å²) in [6, 6.07) is 14.8. The van der Waals surface area contributed by atoms with E-state index in [-0.39, 0.29) is 0 Å². The number of aryl methyl sites for hydroxylation is 1. The van der Waals surface area contributed by atoms with Gasteiger partial charge in [0.05, 0.1) is 22.8 Å². The molecule has 5 rings (SSSR count). The summed E-state index contributed by atoms with van der Waals surface area (Å²) in [6.07, 6.45) is 6.71. The molecule has 150 valence electrons. The van der Waals surface area contributed by atoms with E-state index in [9.17, 15) is 5.26 Å². The third-order valence-electron chi connectivity index (χ3n) is 6.57. The van der Waals surface area contributed by atoms with Gasteiger partial charge in [0.25, 0.3) is 0 Å². The molecule has 1 aliphatic heterocycles. The fourth-order valence-electron chi connectivity index (χ4n) is 4.19. The van der Waals surface area contributed by atoms with E-state index in [1.54, 1.807) is 0 Å². The van der Waals surface area contributed by atoms with Crippen molar-refractivity contribution in [2.24, 2.45) is 0 Å². The minimum absolute atomic E-state index is 0.417. The van der Waals surface area contributed by atoms with Crippen LogP contribution in [0, 0.1) is 11.3 Å². The lowest BCUT2D eigenvalue weighted by atomic mass is 9.77. The number of benzene rings is 2. The average Bonchev–Trinajstić information content (AvgIpc) is 3.21. The Bertz CT molecular complexity index is 1220. The largest absolute Gasteiger partial charge is 0.494 e. The number of fused-ring (bicyclic) bond motifs is 3. The summed E-state index contributed by atoms with van der Waals surface area (Å²) in [7, 11) is -0.485. The van der Waals surface area contributed by atoms with Crippen molar-refractivity contribution in [3.63, 3.8) is 0 Å². The predicted octanol–water partition coefficient (Wildman–Crippen LogP) is 5.70. The molecule has 2 heterocycles. The quantitative estimate of drug-likeness (QED) is 0.506. The van der Waals surface area contributed by atoms with Gasteiger partial charge in [0.2, 0.25) is 0 Å². The second-order valence-electron chi connectivity index (χ2n) is 9.11. The summed E-state index contributed by atoms with van der Waals surface area (Å²) >= 11 is 1.88. The van der Waals surface area contributed by atoms with Crippen LogP contribution in [0.15, 0.2) is 42.5 Å². The Labute approximate surface area is 182 Å². The fraction of sp³-hybridized carbons (Fsp3) is 0.320. The molecule has 0 saturated carbocycles. The molecule has 1 fully saturated rings. The van der Waals surface area contributed by atoms with E-state index < -0.39 is 18.3 Å². The Balaban J connectivity index is 1.65. The first-order valence-corrected chi connectivity index (χ1v) is 11.2. The van der Waals surface area contributed by atoms with Crippen molar-refractivity contribution in [2.45, 2.75) is 51.7 Å². The number of rotatable bonds is 2. The summed E-state index contributed by atoms with van der Waals surface area (Å²) in [5, 5.41) is 11.0. The molecule has 2 aliphatic rings. The van der Waals surface area contributed by atoms with Crippen LogP contribution < -0.4 is 5.46 Å². The van der Waals surface area contributed by atoms with Crippen molar-refractivity contribution < 1.29 is 9.31 Å². The van der Waals surface area contributed by atoms with Crippen molar-refractivity contribution in [3.05, 3.63) is 58.5 Å². The van der Waals surface area contributed by atoms with Gasteiger partial charge in [0.15, 0.2) is 0 Å². The maximum absolute atomic E-state index is 9.69. The highest BCUT2D eigenvalue weighted by Gasteiger charge is 2.51. The van der Waals surface area contributed by atoms with Crippen LogP contribution in [0.5, 0.6) is 0 Å². The first-order valence-electron chi connectivity index (χ1n) is 10.4. The minimum atomic E-state index is -0.485. The molecule has 1 aromatic heterocycles. The van der Waals surface area contributed by atoms with E-state index in [1.165, 1.54) is 20.5 Å². The lowest BCUT2D eigenvalue weighted by molar-refractivity contribution is 0.00578. The number of allylic oxidation sites excluding steroid dienone is 1. The molecule has 2 aromatic carbocycles. The van der Waals surface area contributed by atoms with Crippen LogP contribution in [0.4, 0.5) is 0 Å². The fourth-order valence-corrected chi connectivity index (χ4v) is 5.52. The molecule has 1 aliphatic carbocycles. The minimum Gasteiger partial charge on any atom is -0.399 e. The molecule has 0 radical (unpaired) electrons. The number of hydrogen-bond donors (Lipinski definition) is 0. The molecule has 3 nitrogen and oxygen atoms in total. The molecular formula is C25H24BNO2S. The van der Waals surface area contributed by atoms with E-state index in [1.807, 2.05) is 51.2 Å². The smallest absolute Gasteiger partial charge is 0.399 e. The highest BCUT2D eigenvalue weighted by Crippen LogP contribution is 2.41. The maximum atomic E-state index is 9.69. The summed E-state index contributed by atoms with van der Waals surface area (Å²) in [5.74, 6) is 0. The lowest BCUT2D eigenvalue weighted by Gasteiger charge is -2.32. The number of thiophene rings is 1. The molecule has 0 atom stereocenters. The maximum Gasteiger partial charge on any atom is 0.494 e. The van der Waals surface area contributed by atoms with Crippen molar-refractivity contribution in [1.29, 1.82) is 5.26 Å². The first kappa shape index (κ1) is 19.6. The topological polar surface area (TPSA) is 42.2 Å². The molecule has 0 spiro atoms. The van der Waals surface area contributed by atoms with E-state index in [0.717, 1.165) is 29.4 Å². The summed E-state index contributed by atoms with van der Waals surface area (Å²) in [4.78, 5) is 1.45. The van der Waals surface area contributed by atoms with Gasteiger partial charge in [-0.3, -0.25) is 0 Å². The number of hydrogen-bond acceptors (Lipinski definition) is 4. The highest BCUT2D eigenvalue weighted by molar-refractivity contribution is 7.20. The van der Waals surface area contributed by atoms with Crippen molar-refractivity contribution in [3.8, 4) is 17.2 Å². The molecule has 0 unspecified atom stereocenters. The Morgan fingerprint density at radius 1 is 1.07 bits per heavy atom. The second-order valence-corrected chi connectivity index (χ2v) is 10.2. The van der Waals surface area contributed by atoms with Crippen LogP contribution in [0.25, 0.3) is 27.3 Å². The van der Waals surface area contributed by atoms with Crippen molar-refractivity contribution in [2.75, 3.05) is 0 Å². The summed E-state index contributed by atoms with van der Waals surface area (Å²) in [5.41, 5.74) is 4.23.